The number of aryl methyl sites for hydroxylation is 1. The second kappa shape index (κ2) is 7.43. The Morgan fingerprint density at radius 2 is 2.05 bits per heavy atom. The van der Waals surface area contributed by atoms with Crippen LogP contribution in [-0.2, 0) is 0 Å². The first-order chi connectivity index (χ1) is 10.1. The molecule has 1 N–H and O–H groups in total. The highest BCUT2D eigenvalue weighted by atomic mass is 16.2. The highest BCUT2D eigenvalue weighted by molar-refractivity contribution is 5.95. The van der Waals surface area contributed by atoms with Crippen LogP contribution in [0.4, 0.5) is 5.82 Å². The number of hydrogen-bond acceptors (Lipinski definition) is 3. The monoisotopic (exact) mass is 289 g/mol. The van der Waals surface area contributed by atoms with Gasteiger partial charge in [-0.1, -0.05) is 26.2 Å². The third kappa shape index (κ3) is 4.19. The molecule has 1 aliphatic carbocycles. The number of carbonyl (C=O) groups is 1. The molecule has 0 spiro atoms. The molecule has 1 aromatic rings. The van der Waals surface area contributed by atoms with Gasteiger partial charge in [-0.15, -0.1) is 0 Å². The number of aromatic nitrogens is 1. The van der Waals surface area contributed by atoms with E-state index in [2.05, 4.69) is 17.2 Å². The SMILES string of the molecule is CCCNc1cc(C(=O)N(C)C2CCCCC2)cc(C)n1. The molecule has 2 rings (SSSR count). The summed E-state index contributed by atoms with van der Waals surface area (Å²) in [7, 11) is 1.94. The smallest absolute Gasteiger partial charge is 0.254 e. The fourth-order valence-electron chi connectivity index (χ4n) is 2.97. The van der Waals surface area contributed by atoms with Crippen LogP contribution < -0.4 is 5.32 Å². The number of nitrogens with zero attached hydrogens (tertiary/aromatic N) is 2. The second-order valence-electron chi connectivity index (χ2n) is 6.02. The lowest BCUT2D eigenvalue weighted by atomic mass is 9.94. The van der Waals surface area contributed by atoms with Gasteiger partial charge >= 0.3 is 0 Å². The molecule has 4 heteroatoms. The Morgan fingerprint density at radius 3 is 2.71 bits per heavy atom. The number of rotatable bonds is 5. The van der Waals surface area contributed by atoms with E-state index < -0.39 is 0 Å². The topological polar surface area (TPSA) is 45.2 Å². The molecule has 21 heavy (non-hydrogen) atoms. The van der Waals surface area contributed by atoms with Crippen molar-refractivity contribution in [3.05, 3.63) is 23.4 Å². The van der Waals surface area contributed by atoms with Crippen molar-refractivity contribution in [2.45, 2.75) is 58.4 Å². The van der Waals surface area contributed by atoms with E-state index in [1.54, 1.807) is 0 Å². The Kier molecular flexibility index (Phi) is 5.59. The minimum atomic E-state index is 0.118. The molecule has 116 valence electrons. The summed E-state index contributed by atoms with van der Waals surface area (Å²) in [5, 5.41) is 3.27. The first-order valence-electron chi connectivity index (χ1n) is 8.11. The summed E-state index contributed by atoms with van der Waals surface area (Å²) >= 11 is 0. The molecule has 1 saturated carbocycles. The van der Waals surface area contributed by atoms with Crippen molar-refractivity contribution in [3.8, 4) is 0 Å². The molecule has 0 saturated heterocycles. The Labute approximate surface area is 127 Å². The van der Waals surface area contributed by atoms with Gasteiger partial charge in [0.25, 0.3) is 5.91 Å². The van der Waals surface area contributed by atoms with E-state index in [1.807, 2.05) is 31.0 Å². The third-order valence-corrected chi connectivity index (χ3v) is 4.20. The zero-order chi connectivity index (χ0) is 15.2. The van der Waals surface area contributed by atoms with E-state index in [9.17, 15) is 4.79 Å². The summed E-state index contributed by atoms with van der Waals surface area (Å²) in [6.07, 6.45) is 7.08. The van der Waals surface area contributed by atoms with Crippen molar-refractivity contribution in [3.63, 3.8) is 0 Å². The summed E-state index contributed by atoms with van der Waals surface area (Å²) in [4.78, 5) is 19.1. The molecule has 0 atom stereocenters. The maximum atomic E-state index is 12.7. The predicted molar refractivity (Wildman–Crippen MR) is 86.7 cm³/mol. The van der Waals surface area contributed by atoms with Crippen molar-refractivity contribution in [1.82, 2.24) is 9.88 Å². The number of carbonyl (C=O) groups excluding carboxylic acids is 1. The lowest BCUT2D eigenvalue weighted by Crippen LogP contribution is -2.38. The van der Waals surface area contributed by atoms with Crippen LogP contribution in [0.5, 0.6) is 0 Å². The van der Waals surface area contributed by atoms with Crippen LogP contribution in [-0.4, -0.2) is 35.4 Å². The number of amides is 1. The minimum Gasteiger partial charge on any atom is -0.370 e. The van der Waals surface area contributed by atoms with Gasteiger partial charge in [0, 0.05) is 30.9 Å². The van der Waals surface area contributed by atoms with Crippen LogP contribution in [0.3, 0.4) is 0 Å². The van der Waals surface area contributed by atoms with Gasteiger partial charge in [-0.3, -0.25) is 4.79 Å². The zero-order valence-electron chi connectivity index (χ0n) is 13.5. The molecule has 0 aromatic carbocycles. The van der Waals surface area contributed by atoms with Gasteiger partial charge in [0.15, 0.2) is 0 Å². The Hall–Kier alpha value is -1.58. The van der Waals surface area contributed by atoms with E-state index in [0.717, 1.165) is 42.9 Å². The van der Waals surface area contributed by atoms with Crippen molar-refractivity contribution in [2.24, 2.45) is 0 Å². The number of pyridine rings is 1. The fraction of sp³-hybridized carbons (Fsp3) is 0.647. The minimum absolute atomic E-state index is 0.118. The van der Waals surface area contributed by atoms with Gasteiger partial charge in [0.1, 0.15) is 5.82 Å². The molecule has 0 unspecified atom stereocenters. The van der Waals surface area contributed by atoms with E-state index in [4.69, 9.17) is 0 Å². The van der Waals surface area contributed by atoms with Crippen LogP contribution in [0.1, 0.15) is 61.5 Å². The van der Waals surface area contributed by atoms with Crippen LogP contribution in [0.15, 0.2) is 12.1 Å². The molecule has 1 fully saturated rings. The molecular formula is C17H27N3O. The van der Waals surface area contributed by atoms with E-state index in [-0.39, 0.29) is 5.91 Å². The first kappa shape index (κ1) is 15.8. The highest BCUT2D eigenvalue weighted by Crippen LogP contribution is 2.23. The van der Waals surface area contributed by atoms with Crippen molar-refractivity contribution in [2.75, 3.05) is 18.9 Å². The molecule has 1 aliphatic rings. The van der Waals surface area contributed by atoms with E-state index in [1.165, 1.54) is 19.3 Å². The average molecular weight is 289 g/mol. The molecule has 1 aromatic heterocycles. The summed E-state index contributed by atoms with van der Waals surface area (Å²) in [5.41, 5.74) is 1.63. The van der Waals surface area contributed by atoms with Crippen molar-refractivity contribution < 1.29 is 4.79 Å². The average Bonchev–Trinajstić information content (AvgIpc) is 2.51. The summed E-state index contributed by atoms with van der Waals surface area (Å²) in [6.45, 7) is 4.93. The lowest BCUT2D eigenvalue weighted by Gasteiger charge is -2.31. The normalized spacial score (nSPS) is 15.8. The van der Waals surface area contributed by atoms with Crippen LogP contribution in [0, 0.1) is 6.92 Å². The van der Waals surface area contributed by atoms with Gasteiger partial charge in [0.2, 0.25) is 0 Å². The largest absolute Gasteiger partial charge is 0.370 e. The first-order valence-corrected chi connectivity index (χ1v) is 8.11. The molecular weight excluding hydrogens is 262 g/mol. The lowest BCUT2D eigenvalue weighted by molar-refractivity contribution is 0.0696. The Bertz CT molecular complexity index is 481. The van der Waals surface area contributed by atoms with Gasteiger partial charge in [0.05, 0.1) is 0 Å². The molecule has 0 aliphatic heterocycles. The van der Waals surface area contributed by atoms with Crippen LogP contribution in [0.2, 0.25) is 0 Å². The van der Waals surface area contributed by atoms with E-state index in [0.29, 0.717) is 6.04 Å². The maximum Gasteiger partial charge on any atom is 0.254 e. The molecule has 4 nitrogen and oxygen atoms in total. The Balaban J connectivity index is 2.11. The zero-order valence-corrected chi connectivity index (χ0v) is 13.5. The second-order valence-corrected chi connectivity index (χ2v) is 6.02. The predicted octanol–water partition coefficient (Wildman–Crippen LogP) is 3.62. The van der Waals surface area contributed by atoms with Gasteiger partial charge in [-0.2, -0.15) is 0 Å². The summed E-state index contributed by atoms with van der Waals surface area (Å²) < 4.78 is 0. The maximum absolute atomic E-state index is 12.7. The van der Waals surface area contributed by atoms with Crippen molar-refractivity contribution in [1.29, 1.82) is 0 Å². The van der Waals surface area contributed by atoms with Gasteiger partial charge in [-0.05, 0) is 38.3 Å². The fourth-order valence-corrected chi connectivity index (χ4v) is 2.97. The molecule has 0 radical (unpaired) electrons. The third-order valence-electron chi connectivity index (χ3n) is 4.20. The number of anilines is 1. The van der Waals surface area contributed by atoms with Crippen LogP contribution >= 0.6 is 0 Å². The number of hydrogen-bond donors (Lipinski definition) is 1. The summed E-state index contributed by atoms with van der Waals surface area (Å²) in [6, 6.07) is 4.16. The Morgan fingerprint density at radius 1 is 1.33 bits per heavy atom. The van der Waals surface area contributed by atoms with Gasteiger partial charge < -0.3 is 10.2 Å². The molecule has 1 heterocycles. The summed E-state index contributed by atoms with van der Waals surface area (Å²) in [5.74, 6) is 0.921. The highest BCUT2D eigenvalue weighted by Gasteiger charge is 2.23. The quantitative estimate of drug-likeness (QED) is 0.900. The van der Waals surface area contributed by atoms with Crippen molar-refractivity contribution >= 4 is 11.7 Å². The molecule has 0 bridgehead atoms. The van der Waals surface area contributed by atoms with Crippen LogP contribution in [0.25, 0.3) is 0 Å². The number of nitrogens with one attached hydrogen (secondary N) is 1. The van der Waals surface area contributed by atoms with E-state index >= 15 is 0 Å². The molecule has 1 amide bonds. The van der Waals surface area contributed by atoms with Gasteiger partial charge in [-0.25, -0.2) is 4.98 Å². The standard InChI is InChI=1S/C17H27N3O/c1-4-10-18-16-12-14(11-13(2)19-16)17(21)20(3)15-8-6-5-7-9-15/h11-12,15H,4-10H2,1-3H3,(H,18,19).